The SMILES string of the molecule is CCN(C)S(=O)(=O)Nc1ccc(F)c(Oc2ccc3ncn([C@H]4CCC5(CCNCC5)C4)c(=O)c3c2)c1C#N. The van der Waals surface area contributed by atoms with E-state index in [1.54, 1.807) is 23.9 Å². The van der Waals surface area contributed by atoms with Crippen LogP contribution in [-0.4, -0.2) is 49.0 Å². The van der Waals surface area contributed by atoms with Gasteiger partial charge in [-0.2, -0.15) is 18.0 Å². The zero-order chi connectivity index (χ0) is 27.8. The molecule has 39 heavy (non-hydrogen) atoms. The van der Waals surface area contributed by atoms with Crippen LogP contribution in [0.1, 0.15) is 50.6 Å². The molecule has 1 aliphatic carbocycles. The highest BCUT2D eigenvalue weighted by atomic mass is 32.2. The van der Waals surface area contributed by atoms with Gasteiger partial charge in [-0.1, -0.05) is 6.92 Å². The van der Waals surface area contributed by atoms with Crippen molar-refractivity contribution in [2.24, 2.45) is 5.41 Å². The Morgan fingerprint density at radius 1 is 1.28 bits per heavy atom. The van der Waals surface area contributed by atoms with E-state index in [4.69, 9.17) is 4.74 Å². The summed E-state index contributed by atoms with van der Waals surface area (Å²) in [6.07, 6.45) is 6.74. The standard InChI is InChI=1S/C27H31FN6O4S/c1-3-33(2)39(36,37)32-24-7-5-22(28)25(21(24)16-29)38-19-4-6-23-20(14-19)26(35)34(17-31-23)18-8-9-27(15-18)10-12-30-13-11-27/h4-7,14,17-18,30,32H,3,8-13,15H2,1-2H3/t18-/m0/s1. The Kier molecular flexibility index (Phi) is 7.33. The molecular weight excluding hydrogens is 523 g/mol. The van der Waals surface area contributed by atoms with E-state index in [1.165, 1.54) is 25.2 Å². The molecule has 1 spiro atoms. The maximum Gasteiger partial charge on any atom is 0.301 e. The summed E-state index contributed by atoms with van der Waals surface area (Å²) in [6, 6.07) is 8.70. The van der Waals surface area contributed by atoms with Gasteiger partial charge in [-0.3, -0.25) is 14.1 Å². The zero-order valence-electron chi connectivity index (χ0n) is 21.9. The number of nitrogens with zero attached hydrogens (tertiary/aromatic N) is 4. The van der Waals surface area contributed by atoms with Gasteiger partial charge in [0.25, 0.3) is 5.56 Å². The molecule has 206 valence electrons. The maximum absolute atomic E-state index is 14.8. The molecule has 1 aliphatic heterocycles. The molecule has 10 nitrogen and oxygen atoms in total. The Labute approximate surface area is 226 Å². The summed E-state index contributed by atoms with van der Waals surface area (Å²) in [6.45, 7) is 3.85. The fourth-order valence-electron chi connectivity index (χ4n) is 5.62. The molecule has 0 radical (unpaired) electrons. The number of hydrogen-bond acceptors (Lipinski definition) is 7. The molecule has 1 saturated carbocycles. The highest BCUT2D eigenvalue weighted by Gasteiger charge is 2.40. The lowest BCUT2D eigenvalue weighted by Crippen LogP contribution is -2.35. The van der Waals surface area contributed by atoms with Crippen LogP contribution in [0.3, 0.4) is 0 Å². The van der Waals surface area contributed by atoms with Gasteiger partial charge in [0, 0.05) is 19.6 Å². The Bertz CT molecular complexity index is 1610. The fraction of sp³-hybridized carbons (Fsp3) is 0.444. The molecule has 5 rings (SSSR count). The smallest absolute Gasteiger partial charge is 0.301 e. The summed E-state index contributed by atoms with van der Waals surface area (Å²) < 4.78 is 50.7. The summed E-state index contributed by atoms with van der Waals surface area (Å²) in [5.74, 6) is -1.16. The van der Waals surface area contributed by atoms with Crippen molar-refractivity contribution in [1.29, 1.82) is 5.26 Å². The van der Waals surface area contributed by atoms with Crippen LogP contribution >= 0.6 is 0 Å². The molecule has 0 unspecified atom stereocenters. The number of hydrogen-bond donors (Lipinski definition) is 2. The van der Waals surface area contributed by atoms with Crippen molar-refractivity contribution in [2.75, 3.05) is 31.4 Å². The van der Waals surface area contributed by atoms with Gasteiger partial charge >= 0.3 is 10.2 Å². The number of ether oxygens (including phenoxy) is 1. The summed E-state index contributed by atoms with van der Waals surface area (Å²) in [5, 5.41) is 13.5. The molecule has 3 aromatic rings. The van der Waals surface area contributed by atoms with Crippen LogP contribution in [-0.2, 0) is 10.2 Å². The maximum atomic E-state index is 14.8. The molecule has 1 aromatic heterocycles. The number of aromatic nitrogens is 2. The number of anilines is 1. The van der Waals surface area contributed by atoms with Crippen LogP contribution in [0, 0.1) is 22.6 Å². The molecule has 2 fully saturated rings. The van der Waals surface area contributed by atoms with Gasteiger partial charge in [-0.25, -0.2) is 9.37 Å². The average molecular weight is 555 g/mol. The topological polar surface area (TPSA) is 129 Å². The third-order valence-corrected chi connectivity index (χ3v) is 9.58. The normalized spacial score (nSPS) is 18.9. The van der Waals surface area contributed by atoms with Crippen molar-refractivity contribution in [3.8, 4) is 17.6 Å². The van der Waals surface area contributed by atoms with E-state index < -0.39 is 21.8 Å². The zero-order valence-corrected chi connectivity index (χ0v) is 22.7. The number of halogens is 1. The summed E-state index contributed by atoms with van der Waals surface area (Å²) >= 11 is 0. The second kappa shape index (κ2) is 10.6. The van der Waals surface area contributed by atoms with Gasteiger partial charge in [0.1, 0.15) is 17.4 Å². The summed E-state index contributed by atoms with van der Waals surface area (Å²) in [7, 11) is -2.58. The second-order valence-corrected chi connectivity index (χ2v) is 12.1. The van der Waals surface area contributed by atoms with Gasteiger partial charge in [-0.05, 0) is 80.9 Å². The number of nitrogens with one attached hydrogen (secondary N) is 2. The summed E-state index contributed by atoms with van der Waals surface area (Å²) in [5.41, 5.74) is 0.103. The molecular formula is C27H31FN6O4S. The number of piperidine rings is 1. The van der Waals surface area contributed by atoms with E-state index in [1.807, 2.05) is 6.07 Å². The van der Waals surface area contributed by atoms with E-state index in [-0.39, 0.29) is 40.6 Å². The van der Waals surface area contributed by atoms with Crippen molar-refractivity contribution in [1.82, 2.24) is 19.2 Å². The average Bonchev–Trinajstić information content (AvgIpc) is 3.33. The Balaban J connectivity index is 1.46. The van der Waals surface area contributed by atoms with Gasteiger partial charge < -0.3 is 10.1 Å². The molecule has 12 heteroatoms. The monoisotopic (exact) mass is 554 g/mol. The van der Waals surface area contributed by atoms with Crippen LogP contribution in [0.4, 0.5) is 10.1 Å². The van der Waals surface area contributed by atoms with Gasteiger partial charge in [-0.15, -0.1) is 0 Å². The van der Waals surface area contributed by atoms with Crippen molar-refractivity contribution in [3.05, 3.63) is 58.4 Å². The predicted octanol–water partition coefficient (Wildman–Crippen LogP) is 3.90. The molecule has 0 bridgehead atoms. The molecule has 1 atom stereocenters. The van der Waals surface area contributed by atoms with E-state index in [9.17, 15) is 22.9 Å². The first-order chi connectivity index (χ1) is 18.7. The fourth-order valence-corrected chi connectivity index (χ4v) is 6.57. The minimum absolute atomic E-state index is 0.0608. The van der Waals surface area contributed by atoms with E-state index >= 15 is 0 Å². The lowest BCUT2D eigenvalue weighted by Gasteiger charge is -2.34. The van der Waals surface area contributed by atoms with Crippen molar-refractivity contribution in [2.45, 2.75) is 45.1 Å². The highest BCUT2D eigenvalue weighted by molar-refractivity contribution is 7.90. The van der Waals surface area contributed by atoms with Crippen LogP contribution in [0.5, 0.6) is 11.5 Å². The molecule has 2 aliphatic rings. The number of benzene rings is 2. The molecule has 2 N–H and O–H groups in total. The molecule has 1 saturated heterocycles. The van der Waals surface area contributed by atoms with Crippen LogP contribution in [0.2, 0.25) is 0 Å². The second-order valence-electron chi connectivity index (χ2n) is 10.3. The third kappa shape index (κ3) is 5.22. The minimum Gasteiger partial charge on any atom is -0.453 e. The third-order valence-electron chi connectivity index (χ3n) is 8.02. The van der Waals surface area contributed by atoms with Gasteiger partial charge in [0.2, 0.25) is 0 Å². The quantitative estimate of drug-likeness (QED) is 0.453. The molecule has 0 amide bonds. The molecule has 2 heterocycles. The predicted molar refractivity (Wildman–Crippen MR) is 145 cm³/mol. The van der Waals surface area contributed by atoms with E-state index in [0.717, 1.165) is 55.6 Å². The lowest BCUT2D eigenvalue weighted by atomic mass is 9.77. The Morgan fingerprint density at radius 3 is 2.77 bits per heavy atom. The highest BCUT2D eigenvalue weighted by Crippen LogP contribution is 2.49. The van der Waals surface area contributed by atoms with Gasteiger partial charge in [0.15, 0.2) is 11.6 Å². The first-order valence-corrected chi connectivity index (χ1v) is 14.5. The van der Waals surface area contributed by atoms with Crippen molar-refractivity contribution >= 4 is 26.8 Å². The number of nitriles is 1. The van der Waals surface area contributed by atoms with E-state index in [0.29, 0.717) is 10.9 Å². The first kappa shape index (κ1) is 27.1. The number of rotatable bonds is 7. The minimum atomic E-state index is -3.96. The lowest BCUT2D eigenvalue weighted by molar-refractivity contribution is 0.201. The number of fused-ring (bicyclic) bond motifs is 1. The van der Waals surface area contributed by atoms with Crippen LogP contribution in [0.15, 0.2) is 41.5 Å². The van der Waals surface area contributed by atoms with Gasteiger partial charge in [0.05, 0.1) is 22.9 Å². The van der Waals surface area contributed by atoms with E-state index in [2.05, 4.69) is 15.0 Å². The van der Waals surface area contributed by atoms with Crippen molar-refractivity contribution < 1.29 is 17.5 Å². The van der Waals surface area contributed by atoms with Crippen LogP contribution < -0.4 is 20.3 Å². The largest absolute Gasteiger partial charge is 0.453 e. The Hall–Kier alpha value is -3.53. The first-order valence-electron chi connectivity index (χ1n) is 13.0. The van der Waals surface area contributed by atoms with Crippen molar-refractivity contribution in [3.63, 3.8) is 0 Å². The Morgan fingerprint density at radius 2 is 2.05 bits per heavy atom. The van der Waals surface area contributed by atoms with Crippen LogP contribution in [0.25, 0.3) is 10.9 Å². The molecule has 2 aromatic carbocycles. The summed E-state index contributed by atoms with van der Waals surface area (Å²) in [4.78, 5) is 18.0.